The zero-order valence-corrected chi connectivity index (χ0v) is 16.8. The number of nitrogens with zero attached hydrogens (tertiary/aromatic N) is 1. The number of amides is 1. The molecule has 0 N–H and O–H groups in total. The van der Waals surface area contributed by atoms with Crippen LogP contribution in [0.3, 0.4) is 0 Å². The Balaban J connectivity index is 2.11. The van der Waals surface area contributed by atoms with Gasteiger partial charge < -0.3 is 14.4 Å². The molecule has 1 aromatic rings. The molecule has 0 radical (unpaired) electrons. The van der Waals surface area contributed by atoms with E-state index < -0.39 is 9.84 Å². The predicted molar refractivity (Wildman–Crippen MR) is 103 cm³/mol. The fraction of sp³-hybridized carbons (Fsp3) is 0.500. The number of halogens is 1. The lowest BCUT2D eigenvalue weighted by Crippen LogP contribution is -2.36. The fourth-order valence-electron chi connectivity index (χ4n) is 2.73. The van der Waals surface area contributed by atoms with Gasteiger partial charge >= 0.3 is 0 Å². The number of hydrogen-bond donors (Lipinski definition) is 0. The minimum absolute atomic E-state index is 0.0200. The number of likely N-dealkylation sites (N-methyl/N-ethyl adjacent to an activating group) is 1. The van der Waals surface area contributed by atoms with Gasteiger partial charge in [-0.25, -0.2) is 8.42 Å². The third kappa shape index (κ3) is 5.14. The Morgan fingerprint density at radius 3 is 2.73 bits per heavy atom. The minimum Gasteiger partial charge on any atom is -0.493 e. The van der Waals surface area contributed by atoms with Crippen molar-refractivity contribution in [3.05, 3.63) is 28.8 Å². The van der Waals surface area contributed by atoms with Crippen molar-refractivity contribution < 1.29 is 22.7 Å². The highest BCUT2D eigenvalue weighted by molar-refractivity contribution is 7.91. The summed E-state index contributed by atoms with van der Waals surface area (Å²) >= 11 is 6.26. The number of sulfone groups is 1. The minimum atomic E-state index is -3.03. The zero-order chi connectivity index (χ0) is 19.3. The van der Waals surface area contributed by atoms with Crippen LogP contribution in [0.25, 0.3) is 6.08 Å². The quantitative estimate of drug-likeness (QED) is 0.657. The Morgan fingerprint density at radius 1 is 1.42 bits per heavy atom. The summed E-state index contributed by atoms with van der Waals surface area (Å²) in [7, 11) is 0.110. The van der Waals surface area contributed by atoms with Crippen LogP contribution >= 0.6 is 11.6 Å². The van der Waals surface area contributed by atoms with Crippen molar-refractivity contribution in [2.24, 2.45) is 0 Å². The second-order valence-corrected chi connectivity index (χ2v) is 8.86. The third-order valence-electron chi connectivity index (χ3n) is 4.22. The van der Waals surface area contributed by atoms with Gasteiger partial charge in [-0.3, -0.25) is 4.79 Å². The maximum Gasteiger partial charge on any atom is 0.246 e. The summed E-state index contributed by atoms with van der Waals surface area (Å²) < 4.78 is 34.0. The van der Waals surface area contributed by atoms with E-state index in [1.807, 2.05) is 6.92 Å². The monoisotopic (exact) mass is 401 g/mol. The second-order valence-electron chi connectivity index (χ2n) is 6.22. The molecule has 1 aromatic carbocycles. The SMILES string of the molecule is CCCOc1c(Cl)cc(C=CC(=O)N(C)C2CCS(=O)(=O)C2)cc1OC. The normalized spacial score (nSPS) is 18.8. The van der Waals surface area contributed by atoms with Gasteiger partial charge in [0.1, 0.15) is 0 Å². The Morgan fingerprint density at radius 2 is 2.15 bits per heavy atom. The number of carbonyl (C=O) groups excluding carboxylic acids is 1. The van der Waals surface area contributed by atoms with Gasteiger partial charge in [0.15, 0.2) is 21.3 Å². The van der Waals surface area contributed by atoms with Gasteiger partial charge in [0.25, 0.3) is 0 Å². The molecule has 1 atom stereocenters. The molecule has 2 rings (SSSR count). The third-order valence-corrected chi connectivity index (χ3v) is 6.26. The van der Waals surface area contributed by atoms with Crippen molar-refractivity contribution >= 4 is 33.4 Å². The van der Waals surface area contributed by atoms with Gasteiger partial charge in [0, 0.05) is 19.2 Å². The number of rotatable bonds is 7. The molecule has 0 bridgehead atoms. The van der Waals surface area contributed by atoms with E-state index in [4.69, 9.17) is 21.1 Å². The molecule has 8 heteroatoms. The summed E-state index contributed by atoms with van der Waals surface area (Å²) in [6.07, 6.45) is 4.35. The maximum absolute atomic E-state index is 12.3. The van der Waals surface area contributed by atoms with Crippen LogP contribution in [-0.4, -0.2) is 57.5 Å². The number of hydrogen-bond acceptors (Lipinski definition) is 5. The van der Waals surface area contributed by atoms with Crippen LogP contribution in [0.2, 0.25) is 5.02 Å². The first-order valence-electron chi connectivity index (χ1n) is 8.43. The molecule has 0 aliphatic carbocycles. The maximum atomic E-state index is 12.3. The molecule has 1 fully saturated rings. The summed E-state index contributed by atoms with van der Waals surface area (Å²) in [6, 6.07) is 3.15. The summed E-state index contributed by atoms with van der Waals surface area (Å²) in [6.45, 7) is 2.52. The topological polar surface area (TPSA) is 72.9 Å². The first kappa shape index (κ1) is 20.6. The number of carbonyl (C=O) groups is 1. The molecule has 6 nitrogen and oxygen atoms in total. The van der Waals surface area contributed by atoms with E-state index in [1.165, 1.54) is 18.1 Å². The standard InChI is InChI=1S/C18H24ClNO5S/c1-4-8-25-18-15(19)10-13(11-16(18)24-3)5-6-17(21)20(2)14-7-9-26(22,23)12-14/h5-6,10-11,14H,4,7-9,12H2,1-3H3. The van der Waals surface area contributed by atoms with Crippen LogP contribution in [0.4, 0.5) is 0 Å². The summed E-state index contributed by atoms with van der Waals surface area (Å²) in [4.78, 5) is 13.8. The summed E-state index contributed by atoms with van der Waals surface area (Å²) in [5.41, 5.74) is 0.691. The highest BCUT2D eigenvalue weighted by Gasteiger charge is 2.32. The molecule has 26 heavy (non-hydrogen) atoms. The first-order chi connectivity index (χ1) is 12.3. The van der Waals surface area contributed by atoms with E-state index in [1.54, 1.807) is 25.3 Å². The molecule has 1 aliphatic rings. The Kier molecular flexibility index (Phi) is 6.94. The Hall–Kier alpha value is -1.73. The van der Waals surface area contributed by atoms with Crippen molar-refractivity contribution in [1.29, 1.82) is 0 Å². The Labute approximate surface area is 159 Å². The second kappa shape index (κ2) is 8.77. The van der Waals surface area contributed by atoms with Gasteiger partial charge in [-0.15, -0.1) is 0 Å². The molecular formula is C18H24ClNO5S. The highest BCUT2D eigenvalue weighted by atomic mass is 35.5. The van der Waals surface area contributed by atoms with E-state index in [9.17, 15) is 13.2 Å². The van der Waals surface area contributed by atoms with Crippen LogP contribution in [0.5, 0.6) is 11.5 Å². The molecular weight excluding hydrogens is 378 g/mol. The average molecular weight is 402 g/mol. The molecule has 1 unspecified atom stereocenters. The first-order valence-corrected chi connectivity index (χ1v) is 10.6. The summed E-state index contributed by atoms with van der Waals surface area (Å²) in [5.74, 6) is 0.867. The van der Waals surface area contributed by atoms with E-state index in [0.29, 0.717) is 35.1 Å². The molecule has 1 aliphatic heterocycles. The van der Waals surface area contributed by atoms with Crippen LogP contribution in [-0.2, 0) is 14.6 Å². The van der Waals surface area contributed by atoms with Crippen molar-refractivity contribution in [2.45, 2.75) is 25.8 Å². The molecule has 1 amide bonds. The highest BCUT2D eigenvalue weighted by Crippen LogP contribution is 2.36. The number of benzene rings is 1. The van der Waals surface area contributed by atoms with Crippen molar-refractivity contribution in [3.63, 3.8) is 0 Å². The van der Waals surface area contributed by atoms with Gasteiger partial charge in [0.2, 0.25) is 5.91 Å². The number of methoxy groups -OCH3 is 1. The van der Waals surface area contributed by atoms with Gasteiger partial charge in [-0.1, -0.05) is 18.5 Å². The van der Waals surface area contributed by atoms with Crippen LogP contribution in [0.1, 0.15) is 25.3 Å². The van der Waals surface area contributed by atoms with E-state index in [2.05, 4.69) is 0 Å². The van der Waals surface area contributed by atoms with Gasteiger partial charge in [-0.05, 0) is 36.6 Å². The fourth-order valence-corrected chi connectivity index (χ4v) is 4.77. The van der Waals surface area contributed by atoms with Crippen LogP contribution < -0.4 is 9.47 Å². The van der Waals surface area contributed by atoms with E-state index >= 15 is 0 Å². The van der Waals surface area contributed by atoms with Crippen molar-refractivity contribution in [2.75, 3.05) is 32.3 Å². The molecule has 144 valence electrons. The molecule has 1 saturated heterocycles. The molecule has 0 aromatic heterocycles. The van der Waals surface area contributed by atoms with E-state index in [-0.39, 0.29) is 23.5 Å². The summed E-state index contributed by atoms with van der Waals surface area (Å²) in [5, 5.41) is 0.403. The zero-order valence-electron chi connectivity index (χ0n) is 15.2. The lowest BCUT2D eigenvalue weighted by atomic mass is 10.1. The van der Waals surface area contributed by atoms with Gasteiger partial charge in [0.05, 0.1) is 30.2 Å². The van der Waals surface area contributed by atoms with E-state index in [0.717, 1.165) is 6.42 Å². The molecule has 1 heterocycles. The van der Waals surface area contributed by atoms with Gasteiger partial charge in [-0.2, -0.15) is 0 Å². The van der Waals surface area contributed by atoms with Crippen molar-refractivity contribution in [3.8, 4) is 11.5 Å². The predicted octanol–water partition coefficient (Wildman–Crippen LogP) is 2.80. The molecule has 0 spiro atoms. The lowest BCUT2D eigenvalue weighted by Gasteiger charge is -2.21. The Bertz CT molecular complexity index is 791. The average Bonchev–Trinajstić information content (AvgIpc) is 2.97. The van der Waals surface area contributed by atoms with Crippen LogP contribution in [0.15, 0.2) is 18.2 Å². The van der Waals surface area contributed by atoms with Crippen molar-refractivity contribution in [1.82, 2.24) is 4.90 Å². The van der Waals surface area contributed by atoms with Crippen LogP contribution in [0, 0.1) is 0 Å². The smallest absolute Gasteiger partial charge is 0.246 e. The molecule has 0 saturated carbocycles. The largest absolute Gasteiger partial charge is 0.493 e. The lowest BCUT2D eigenvalue weighted by molar-refractivity contribution is -0.126. The number of ether oxygens (including phenoxy) is 2.